The highest BCUT2D eigenvalue weighted by molar-refractivity contribution is 6.00. The lowest BCUT2D eigenvalue weighted by molar-refractivity contribution is -0.157. The van der Waals surface area contributed by atoms with Gasteiger partial charge in [0.2, 0.25) is 11.8 Å². The molecule has 5 heteroatoms. The fraction of sp³-hybridized carbons (Fsp3) is 0.857. The van der Waals surface area contributed by atoms with E-state index >= 15 is 0 Å². The van der Waals surface area contributed by atoms with Crippen LogP contribution in [0.15, 0.2) is 0 Å². The number of amides is 2. The molecular weight excluding hydrogens is 247 g/mol. The van der Waals surface area contributed by atoms with E-state index in [4.69, 9.17) is 0 Å². The molecule has 1 heterocycles. The van der Waals surface area contributed by atoms with Gasteiger partial charge in [0.25, 0.3) is 0 Å². The molecule has 4 nitrogen and oxygen atoms in total. The third-order valence-electron chi connectivity index (χ3n) is 4.59. The third-order valence-corrected chi connectivity index (χ3v) is 4.59. The maximum Gasteiger partial charge on any atom is 0.249 e. The zero-order chi connectivity index (χ0) is 14.2. The van der Waals surface area contributed by atoms with Crippen LogP contribution in [0.4, 0.5) is 4.39 Å². The first-order valence-corrected chi connectivity index (χ1v) is 7.14. The summed E-state index contributed by atoms with van der Waals surface area (Å²) in [6.07, 6.45) is 2.70. The summed E-state index contributed by atoms with van der Waals surface area (Å²) in [5, 5.41) is 2.91. The van der Waals surface area contributed by atoms with Gasteiger partial charge in [-0.2, -0.15) is 0 Å². The van der Waals surface area contributed by atoms with Crippen LogP contribution in [0.3, 0.4) is 0 Å². The standard InChI is InChI=1S/C14H23FN2O2/c1-4-9(2)11-12(18)16-14(3,10-5-6-10)13(19)17(11)8-7-15/h9-11H,4-8H2,1-3H3,(H,16,18). The van der Waals surface area contributed by atoms with Crippen LogP contribution in [0.5, 0.6) is 0 Å². The van der Waals surface area contributed by atoms with Crippen LogP contribution in [0, 0.1) is 11.8 Å². The minimum Gasteiger partial charge on any atom is -0.340 e. The second-order valence-corrected chi connectivity index (χ2v) is 5.98. The van der Waals surface area contributed by atoms with E-state index in [9.17, 15) is 14.0 Å². The Balaban J connectivity index is 2.28. The van der Waals surface area contributed by atoms with Crippen molar-refractivity contribution in [2.75, 3.05) is 13.2 Å². The predicted octanol–water partition coefficient (Wildman–Crippen LogP) is 1.50. The van der Waals surface area contributed by atoms with Crippen molar-refractivity contribution in [1.82, 2.24) is 10.2 Å². The van der Waals surface area contributed by atoms with Gasteiger partial charge in [-0.25, -0.2) is 4.39 Å². The molecule has 0 radical (unpaired) electrons. The van der Waals surface area contributed by atoms with Crippen LogP contribution in [0.2, 0.25) is 0 Å². The van der Waals surface area contributed by atoms with Gasteiger partial charge in [0.05, 0.1) is 0 Å². The van der Waals surface area contributed by atoms with Crippen molar-refractivity contribution in [3.8, 4) is 0 Å². The van der Waals surface area contributed by atoms with Gasteiger partial charge in [-0.1, -0.05) is 20.3 Å². The molecule has 1 N–H and O–H groups in total. The molecule has 2 rings (SSSR count). The summed E-state index contributed by atoms with van der Waals surface area (Å²) < 4.78 is 12.8. The maximum atomic E-state index is 12.8. The lowest BCUT2D eigenvalue weighted by atomic mass is 9.85. The Morgan fingerprint density at radius 1 is 1.47 bits per heavy atom. The molecule has 0 aromatic heterocycles. The fourth-order valence-electron chi connectivity index (χ4n) is 3.01. The zero-order valence-electron chi connectivity index (χ0n) is 11.9. The summed E-state index contributed by atoms with van der Waals surface area (Å²) >= 11 is 0. The fourth-order valence-corrected chi connectivity index (χ4v) is 3.01. The first-order valence-electron chi connectivity index (χ1n) is 7.14. The molecule has 19 heavy (non-hydrogen) atoms. The molecule has 3 atom stereocenters. The smallest absolute Gasteiger partial charge is 0.249 e. The van der Waals surface area contributed by atoms with Crippen molar-refractivity contribution in [2.45, 2.75) is 51.6 Å². The molecule has 2 aliphatic rings. The van der Waals surface area contributed by atoms with Crippen LogP contribution >= 0.6 is 0 Å². The van der Waals surface area contributed by atoms with E-state index in [-0.39, 0.29) is 30.2 Å². The van der Waals surface area contributed by atoms with E-state index in [1.165, 1.54) is 4.90 Å². The highest BCUT2D eigenvalue weighted by atomic mass is 19.1. The summed E-state index contributed by atoms with van der Waals surface area (Å²) in [7, 11) is 0. The van der Waals surface area contributed by atoms with Gasteiger partial charge in [-0.3, -0.25) is 9.59 Å². The lowest BCUT2D eigenvalue weighted by Gasteiger charge is -2.46. The Morgan fingerprint density at radius 3 is 2.58 bits per heavy atom. The van der Waals surface area contributed by atoms with Crippen LogP contribution in [-0.4, -0.2) is 41.5 Å². The molecular formula is C14H23FN2O2. The Morgan fingerprint density at radius 2 is 2.11 bits per heavy atom. The average Bonchev–Trinajstić information content (AvgIpc) is 3.19. The minimum absolute atomic E-state index is 0.0174. The van der Waals surface area contributed by atoms with Gasteiger partial charge in [0, 0.05) is 6.54 Å². The third kappa shape index (κ3) is 2.35. The summed E-state index contributed by atoms with van der Waals surface area (Å²) in [6.45, 7) is 5.10. The molecule has 1 aliphatic heterocycles. The molecule has 0 spiro atoms. The normalized spacial score (nSPS) is 33.3. The molecule has 0 bridgehead atoms. The largest absolute Gasteiger partial charge is 0.340 e. The second kappa shape index (κ2) is 5.10. The Bertz CT molecular complexity index is 384. The molecule has 108 valence electrons. The van der Waals surface area contributed by atoms with Gasteiger partial charge in [0.15, 0.2) is 0 Å². The number of carbonyl (C=O) groups is 2. The number of rotatable bonds is 5. The Labute approximate surface area is 113 Å². The van der Waals surface area contributed by atoms with Crippen molar-refractivity contribution in [3.05, 3.63) is 0 Å². The van der Waals surface area contributed by atoms with Gasteiger partial charge in [-0.15, -0.1) is 0 Å². The second-order valence-electron chi connectivity index (χ2n) is 5.98. The first-order chi connectivity index (χ1) is 8.95. The van der Waals surface area contributed by atoms with Crippen LogP contribution in [-0.2, 0) is 9.59 Å². The topological polar surface area (TPSA) is 49.4 Å². The van der Waals surface area contributed by atoms with Crippen LogP contribution < -0.4 is 5.32 Å². The Hall–Kier alpha value is -1.13. The first kappa shape index (κ1) is 14.3. The number of piperazine rings is 1. The molecule has 1 saturated heterocycles. The Kier molecular flexibility index (Phi) is 3.83. The van der Waals surface area contributed by atoms with Gasteiger partial charge in [-0.05, 0) is 31.6 Å². The minimum atomic E-state index is -0.823. The van der Waals surface area contributed by atoms with Gasteiger partial charge >= 0.3 is 0 Å². The molecule has 0 aromatic rings. The van der Waals surface area contributed by atoms with Crippen molar-refractivity contribution >= 4 is 11.8 Å². The molecule has 2 fully saturated rings. The number of alkyl halides is 1. The summed E-state index contributed by atoms with van der Waals surface area (Å²) in [5.41, 5.74) is -0.823. The number of nitrogens with zero attached hydrogens (tertiary/aromatic N) is 1. The monoisotopic (exact) mass is 270 g/mol. The average molecular weight is 270 g/mol. The van der Waals surface area contributed by atoms with E-state index in [1.54, 1.807) is 6.92 Å². The van der Waals surface area contributed by atoms with Crippen molar-refractivity contribution in [2.24, 2.45) is 11.8 Å². The SMILES string of the molecule is CCC(C)C1C(=O)NC(C)(C2CC2)C(=O)N1CCF. The van der Waals surface area contributed by atoms with Crippen molar-refractivity contribution in [1.29, 1.82) is 0 Å². The molecule has 3 unspecified atom stereocenters. The number of hydrogen-bond donors (Lipinski definition) is 1. The van der Waals surface area contributed by atoms with Crippen LogP contribution in [0.25, 0.3) is 0 Å². The van der Waals surface area contributed by atoms with E-state index in [1.807, 2.05) is 13.8 Å². The van der Waals surface area contributed by atoms with E-state index in [0.29, 0.717) is 0 Å². The molecule has 2 amide bonds. The highest BCUT2D eigenvalue weighted by Crippen LogP contribution is 2.42. The van der Waals surface area contributed by atoms with Crippen molar-refractivity contribution < 1.29 is 14.0 Å². The number of carbonyl (C=O) groups excluding carboxylic acids is 2. The zero-order valence-corrected chi connectivity index (χ0v) is 11.9. The van der Waals surface area contributed by atoms with Crippen molar-refractivity contribution in [3.63, 3.8) is 0 Å². The van der Waals surface area contributed by atoms with Crippen LogP contribution in [0.1, 0.15) is 40.0 Å². The number of nitrogens with one attached hydrogen (secondary N) is 1. The maximum absolute atomic E-state index is 12.8. The molecule has 1 aliphatic carbocycles. The quantitative estimate of drug-likeness (QED) is 0.823. The molecule has 1 saturated carbocycles. The van der Waals surface area contributed by atoms with Gasteiger partial charge in [0.1, 0.15) is 18.3 Å². The summed E-state index contributed by atoms with van der Waals surface area (Å²) in [6, 6.07) is -0.528. The number of halogens is 1. The van der Waals surface area contributed by atoms with E-state index in [2.05, 4.69) is 5.32 Å². The predicted molar refractivity (Wildman–Crippen MR) is 70.2 cm³/mol. The highest BCUT2D eigenvalue weighted by Gasteiger charge is 2.55. The number of hydrogen-bond acceptors (Lipinski definition) is 2. The summed E-state index contributed by atoms with van der Waals surface area (Å²) in [5.74, 6) is 0.0116. The van der Waals surface area contributed by atoms with E-state index in [0.717, 1.165) is 19.3 Å². The molecule has 0 aromatic carbocycles. The van der Waals surface area contributed by atoms with Gasteiger partial charge < -0.3 is 10.2 Å². The lowest BCUT2D eigenvalue weighted by Crippen LogP contribution is -2.71. The van der Waals surface area contributed by atoms with E-state index < -0.39 is 18.3 Å². The summed E-state index contributed by atoms with van der Waals surface area (Å²) in [4.78, 5) is 26.4.